The number of anilines is 1. The number of aryl methyl sites for hydroxylation is 1. The number of nitriles is 1. The Balaban J connectivity index is 1.74. The minimum absolute atomic E-state index is 0.167. The second-order valence-corrected chi connectivity index (χ2v) is 6.44. The molecule has 0 spiro atoms. The maximum atomic E-state index is 9.95. The fourth-order valence-electron chi connectivity index (χ4n) is 2.87. The molecule has 2 aromatic carbocycles. The number of ether oxygens (including phenoxy) is 1. The van der Waals surface area contributed by atoms with E-state index < -0.39 is 0 Å². The van der Waals surface area contributed by atoms with Gasteiger partial charge in [0.1, 0.15) is 12.4 Å². The molecule has 0 saturated carbocycles. The molecule has 2 N–H and O–H groups in total. The number of nitrogens with one attached hydrogen (secondary N) is 1. The van der Waals surface area contributed by atoms with Crippen LogP contribution in [0.1, 0.15) is 27.9 Å². The third-order valence-corrected chi connectivity index (χ3v) is 4.51. The molecule has 1 heterocycles. The Morgan fingerprint density at radius 1 is 1.17 bits per heavy atom. The average Bonchev–Trinajstić information content (AvgIpc) is 2.77. The van der Waals surface area contributed by atoms with Crippen molar-refractivity contribution in [3.8, 4) is 11.8 Å². The normalized spacial score (nSPS) is 10.1. The number of pyridine rings is 1. The van der Waals surface area contributed by atoms with Crippen LogP contribution < -0.4 is 10.1 Å². The molecule has 6 heteroatoms. The first kappa shape index (κ1) is 19.9. The lowest BCUT2D eigenvalue weighted by atomic mass is 10.1. The third kappa shape index (κ3) is 4.90. The van der Waals surface area contributed by atoms with Crippen LogP contribution in [-0.4, -0.2) is 10.1 Å². The van der Waals surface area contributed by atoms with Crippen molar-refractivity contribution in [1.29, 1.82) is 5.26 Å². The van der Waals surface area contributed by atoms with Crippen LogP contribution in [0, 0.1) is 24.8 Å². The zero-order chi connectivity index (χ0) is 20.6. The smallest absolute Gasteiger partial charge is 0.187 e. The molecule has 0 bridgehead atoms. The number of aromatic nitrogens is 1. The SMILES string of the molecule is [C-]#[N+]c1ccc(COc2c(C)ncc(CNc3ccc(C#N)cc3)c2CO)cc1. The number of hydrogen-bond acceptors (Lipinski definition) is 5. The van der Waals surface area contributed by atoms with Gasteiger partial charge in [-0.2, -0.15) is 5.26 Å². The van der Waals surface area contributed by atoms with Crippen LogP contribution in [0.5, 0.6) is 5.75 Å². The van der Waals surface area contributed by atoms with E-state index in [1.807, 2.05) is 31.2 Å². The van der Waals surface area contributed by atoms with E-state index in [0.29, 0.717) is 41.4 Å². The monoisotopic (exact) mass is 384 g/mol. The van der Waals surface area contributed by atoms with Crippen LogP contribution >= 0.6 is 0 Å². The van der Waals surface area contributed by atoms with Gasteiger partial charge >= 0.3 is 0 Å². The van der Waals surface area contributed by atoms with Gasteiger partial charge in [-0.25, -0.2) is 4.85 Å². The standard InChI is InChI=1S/C23H20N4O2/c1-16-23(29-15-18-5-7-20(25-2)8-6-18)22(14-28)19(12-26-16)13-27-21-9-3-17(11-24)4-10-21/h3-10,12,27-28H,13-15H2,1H3. The first-order valence-corrected chi connectivity index (χ1v) is 9.06. The van der Waals surface area contributed by atoms with Gasteiger partial charge < -0.3 is 15.2 Å². The van der Waals surface area contributed by atoms with Gasteiger partial charge in [-0.1, -0.05) is 24.3 Å². The van der Waals surface area contributed by atoms with Crippen molar-refractivity contribution >= 4 is 11.4 Å². The predicted molar refractivity (Wildman–Crippen MR) is 110 cm³/mol. The van der Waals surface area contributed by atoms with Crippen molar-refractivity contribution in [3.63, 3.8) is 0 Å². The van der Waals surface area contributed by atoms with Crippen LogP contribution in [0.4, 0.5) is 11.4 Å². The number of rotatable bonds is 7. The van der Waals surface area contributed by atoms with Crippen molar-refractivity contribution in [1.82, 2.24) is 4.98 Å². The highest BCUT2D eigenvalue weighted by atomic mass is 16.5. The average molecular weight is 384 g/mol. The molecule has 29 heavy (non-hydrogen) atoms. The summed E-state index contributed by atoms with van der Waals surface area (Å²) in [6, 6.07) is 16.5. The Hall–Kier alpha value is -3.87. The topological polar surface area (TPSA) is 82.5 Å². The lowest BCUT2D eigenvalue weighted by Gasteiger charge is -2.17. The highest BCUT2D eigenvalue weighted by Gasteiger charge is 2.14. The highest BCUT2D eigenvalue weighted by Crippen LogP contribution is 2.27. The Morgan fingerprint density at radius 3 is 2.52 bits per heavy atom. The van der Waals surface area contributed by atoms with E-state index >= 15 is 0 Å². The molecule has 3 aromatic rings. The lowest BCUT2D eigenvalue weighted by Crippen LogP contribution is -2.09. The van der Waals surface area contributed by atoms with Crippen LogP contribution in [0.15, 0.2) is 54.7 Å². The summed E-state index contributed by atoms with van der Waals surface area (Å²) in [5, 5.41) is 22.1. The van der Waals surface area contributed by atoms with E-state index in [2.05, 4.69) is 21.2 Å². The van der Waals surface area contributed by atoms with E-state index in [1.165, 1.54) is 0 Å². The molecule has 0 aliphatic carbocycles. The molecule has 0 aliphatic rings. The molecule has 3 rings (SSSR count). The van der Waals surface area contributed by atoms with Crippen LogP contribution in [0.2, 0.25) is 0 Å². The number of aliphatic hydroxyl groups excluding tert-OH is 1. The summed E-state index contributed by atoms with van der Waals surface area (Å²) in [6.07, 6.45) is 1.73. The minimum Gasteiger partial charge on any atom is -0.487 e. The lowest BCUT2D eigenvalue weighted by molar-refractivity contribution is 0.256. The summed E-state index contributed by atoms with van der Waals surface area (Å²) in [7, 11) is 0. The Bertz CT molecular complexity index is 1060. The summed E-state index contributed by atoms with van der Waals surface area (Å²) in [5.41, 5.74) is 5.21. The van der Waals surface area contributed by atoms with Gasteiger partial charge in [-0.15, -0.1) is 0 Å². The van der Waals surface area contributed by atoms with Crippen LogP contribution in [0.3, 0.4) is 0 Å². The zero-order valence-electron chi connectivity index (χ0n) is 16.0. The third-order valence-electron chi connectivity index (χ3n) is 4.51. The first-order valence-electron chi connectivity index (χ1n) is 9.06. The molecule has 0 saturated heterocycles. The van der Waals surface area contributed by atoms with Crippen molar-refractivity contribution in [2.45, 2.75) is 26.7 Å². The molecule has 1 aromatic heterocycles. The fraction of sp³-hybridized carbons (Fsp3) is 0.174. The second-order valence-electron chi connectivity index (χ2n) is 6.44. The van der Waals surface area contributed by atoms with E-state index in [0.717, 1.165) is 16.8 Å². The van der Waals surface area contributed by atoms with Crippen molar-refractivity contribution in [2.75, 3.05) is 5.32 Å². The van der Waals surface area contributed by atoms with E-state index in [1.54, 1.807) is 30.5 Å². The van der Waals surface area contributed by atoms with Crippen molar-refractivity contribution in [3.05, 3.63) is 94.1 Å². The van der Waals surface area contributed by atoms with E-state index in [4.69, 9.17) is 16.6 Å². The van der Waals surface area contributed by atoms with Gasteiger partial charge in [-0.05, 0) is 42.3 Å². The van der Waals surface area contributed by atoms with Crippen LogP contribution in [-0.2, 0) is 19.8 Å². The molecule has 0 radical (unpaired) electrons. The molecule has 0 atom stereocenters. The molecule has 0 amide bonds. The molecule has 0 unspecified atom stereocenters. The summed E-state index contributed by atoms with van der Waals surface area (Å²) in [4.78, 5) is 7.79. The number of benzene rings is 2. The Kier molecular flexibility index (Phi) is 6.42. The molecule has 0 aliphatic heterocycles. The van der Waals surface area contributed by atoms with Gasteiger partial charge in [0.25, 0.3) is 0 Å². The quantitative estimate of drug-likeness (QED) is 0.586. The zero-order valence-corrected chi connectivity index (χ0v) is 16.0. The predicted octanol–water partition coefficient (Wildman–Crippen LogP) is 4.50. The second kappa shape index (κ2) is 9.36. The number of aliphatic hydroxyl groups is 1. The van der Waals surface area contributed by atoms with Gasteiger partial charge in [-0.3, -0.25) is 4.98 Å². The summed E-state index contributed by atoms with van der Waals surface area (Å²) in [6.45, 7) is 9.47. The first-order chi connectivity index (χ1) is 14.1. The minimum atomic E-state index is -0.167. The molecule has 144 valence electrons. The molecule has 6 nitrogen and oxygen atoms in total. The van der Waals surface area contributed by atoms with Gasteiger partial charge in [0, 0.05) is 24.0 Å². The van der Waals surface area contributed by atoms with E-state index in [-0.39, 0.29) is 6.61 Å². The maximum absolute atomic E-state index is 9.95. The maximum Gasteiger partial charge on any atom is 0.187 e. The highest BCUT2D eigenvalue weighted by molar-refractivity contribution is 5.49. The molecular weight excluding hydrogens is 364 g/mol. The van der Waals surface area contributed by atoms with Crippen molar-refractivity contribution < 1.29 is 9.84 Å². The summed E-state index contributed by atoms with van der Waals surface area (Å²) < 4.78 is 5.98. The Labute approximate surface area is 169 Å². The number of hydrogen-bond donors (Lipinski definition) is 2. The summed E-state index contributed by atoms with van der Waals surface area (Å²) >= 11 is 0. The fourth-order valence-corrected chi connectivity index (χ4v) is 2.87. The molecular formula is C23H20N4O2. The Morgan fingerprint density at radius 2 is 1.90 bits per heavy atom. The largest absolute Gasteiger partial charge is 0.487 e. The molecule has 0 fully saturated rings. The number of nitrogens with zero attached hydrogens (tertiary/aromatic N) is 3. The van der Waals surface area contributed by atoms with Gasteiger partial charge in [0.15, 0.2) is 5.69 Å². The van der Waals surface area contributed by atoms with Gasteiger partial charge in [0.2, 0.25) is 0 Å². The summed E-state index contributed by atoms with van der Waals surface area (Å²) in [5.74, 6) is 0.570. The van der Waals surface area contributed by atoms with E-state index in [9.17, 15) is 5.11 Å². The van der Waals surface area contributed by atoms with Gasteiger partial charge in [0.05, 0.1) is 30.5 Å². The van der Waals surface area contributed by atoms with Crippen molar-refractivity contribution in [2.24, 2.45) is 0 Å². The van der Waals surface area contributed by atoms with Crippen LogP contribution in [0.25, 0.3) is 4.85 Å².